The van der Waals surface area contributed by atoms with E-state index < -0.39 is 11.7 Å². The number of alkyl halides is 3. The summed E-state index contributed by atoms with van der Waals surface area (Å²) in [5.74, 6) is 1.39. The second-order valence-corrected chi connectivity index (χ2v) is 7.72. The molecule has 144 valence electrons. The van der Waals surface area contributed by atoms with Crippen molar-refractivity contribution in [2.24, 2.45) is 0 Å². The van der Waals surface area contributed by atoms with Crippen LogP contribution in [-0.2, 0) is 6.18 Å². The molecule has 1 unspecified atom stereocenters. The van der Waals surface area contributed by atoms with Gasteiger partial charge >= 0.3 is 6.18 Å². The van der Waals surface area contributed by atoms with Gasteiger partial charge in [-0.1, -0.05) is 0 Å². The molecule has 28 heavy (non-hydrogen) atoms. The summed E-state index contributed by atoms with van der Waals surface area (Å²) < 4.78 is 40.8. The second kappa shape index (κ2) is 6.40. The van der Waals surface area contributed by atoms with E-state index >= 15 is 0 Å². The molecule has 1 atom stereocenters. The summed E-state index contributed by atoms with van der Waals surface area (Å²) in [5, 5.41) is 11.3. The van der Waals surface area contributed by atoms with Crippen LogP contribution >= 0.6 is 11.3 Å². The SMILES string of the molecule is FC(F)(F)c1ccc2nnc(C3CCCN(c4ncnc5sccc45)C3)n2c1. The highest BCUT2D eigenvalue weighted by atomic mass is 32.1. The van der Waals surface area contributed by atoms with Gasteiger partial charge in [-0.25, -0.2) is 9.97 Å². The van der Waals surface area contributed by atoms with Gasteiger partial charge in [-0.15, -0.1) is 21.5 Å². The molecule has 0 N–H and O–H groups in total. The molecule has 1 aliphatic rings. The van der Waals surface area contributed by atoms with Crippen LogP contribution < -0.4 is 4.90 Å². The van der Waals surface area contributed by atoms with E-state index in [0.717, 1.165) is 47.7 Å². The average Bonchev–Trinajstić information content (AvgIpc) is 3.33. The summed E-state index contributed by atoms with van der Waals surface area (Å²) >= 11 is 1.56. The van der Waals surface area contributed by atoms with Crippen molar-refractivity contribution in [3.05, 3.63) is 47.5 Å². The topological polar surface area (TPSA) is 59.2 Å². The van der Waals surface area contributed by atoms with Gasteiger partial charge in [0, 0.05) is 25.2 Å². The molecule has 4 aromatic rings. The molecule has 1 saturated heterocycles. The predicted octanol–water partition coefficient (Wildman–Crippen LogP) is 4.14. The maximum Gasteiger partial charge on any atom is 0.417 e. The third-order valence-corrected chi connectivity index (χ3v) is 5.90. The lowest BCUT2D eigenvalue weighted by molar-refractivity contribution is -0.137. The van der Waals surface area contributed by atoms with Crippen LogP contribution in [0.5, 0.6) is 0 Å². The molecule has 5 rings (SSSR count). The molecule has 0 spiro atoms. The fraction of sp³-hybridized carbons (Fsp3) is 0.333. The number of nitrogens with zero attached hydrogens (tertiary/aromatic N) is 6. The van der Waals surface area contributed by atoms with Crippen LogP contribution in [0.1, 0.15) is 30.1 Å². The van der Waals surface area contributed by atoms with E-state index in [2.05, 4.69) is 25.1 Å². The molecule has 0 bridgehead atoms. The molecular formula is C18H15F3N6S. The first-order valence-corrected chi connectivity index (χ1v) is 9.74. The first-order chi connectivity index (χ1) is 13.5. The number of halogens is 3. The van der Waals surface area contributed by atoms with E-state index in [1.54, 1.807) is 17.7 Å². The molecular weight excluding hydrogens is 389 g/mol. The standard InChI is InChI=1S/C18H15F3N6S/c19-18(20,21)12-3-4-14-24-25-15(27(14)9-12)11-2-1-6-26(8-11)16-13-5-7-28-17(13)23-10-22-16/h3-5,7,9-11H,1-2,6,8H2. The van der Waals surface area contributed by atoms with E-state index in [0.29, 0.717) is 18.0 Å². The van der Waals surface area contributed by atoms with Crippen molar-refractivity contribution in [3.63, 3.8) is 0 Å². The fourth-order valence-corrected chi connectivity index (χ4v) is 4.49. The number of rotatable bonds is 2. The van der Waals surface area contributed by atoms with Gasteiger partial charge in [-0.2, -0.15) is 13.2 Å². The van der Waals surface area contributed by atoms with E-state index in [-0.39, 0.29) is 5.92 Å². The van der Waals surface area contributed by atoms with Crippen molar-refractivity contribution in [1.82, 2.24) is 24.6 Å². The van der Waals surface area contributed by atoms with Crippen molar-refractivity contribution in [2.45, 2.75) is 24.9 Å². The smallest absolute Gasteiger partial charge is 0.355 e. The lowest BCUT2D eigenvalue weighted by atomic mass is 9.97. The Morgan fingerprint density at radius 2 is 2.00 bits per heavy atom. The fourth-order valence-electron chi connectivity index (χ4n) is 3.76. The molecule has 4 aromatic heterocycles. The normalized spacial score (nSPS) is 18.2. The van der Waals surface area contributed by atoms with Crippen molar-refractivity contribution in [3.8, 4) is 0 Å². The number of anilines is 1. The first kappa shape index (κ1) is 17.4. The molecule has 0 amide bonds. The minimum atomic E-state index is -4.40. The number of fused-ring (bicyclic) bond motifs is 2. The number of hydrogen-bond donors (Lipinski definition) is 0. The van der Waals surface area contributed by atoms with Gasteiger partial charge in [0.05, 0.1) is 10.9 Å². The van der Waals surface area contributed by atoms with Gasteiger partial charge in [0.15, 0.2) is 5.65 Å². The number of hydrogen-bond acceptors (Lipinski definition) is 6. The first-order valence-electron chi connectivity index (χ1n) is 8.86. The molecule has 0 aromatic carbocycles. The van der Waals surface area contributed by atoms with Crippen molar-refractivity contribution >= 4 is 33.0 Å². The number of pyridine rings is 1. The molecule has 1 aliphatic heterocycles. The van der Waals surface area contributed by atoms with Crippen LogP contribution in [0.4, 0.5) is 19.0 Å². The summed E-state index contributed by atoms with van der Waals surface area (Å²) in [6.07, 6.45) is -0.0232. The highest BCUT2D eigenvalue weighted by molar-refractivity contribution is 7.16. The maximum absolute atomic E-state index is 13.1. The molecule has 6 nitrogen and oxygen atoms in total. The molecule has 5 heterocycles. The highest BCUT2D eigenvalue weighted by Crippen LogP contribution is 2.34. The van der Waals surface area contributed by atoms with Gasteiger partial charge in [0.1, 0.15) is 22.8 Å². The van der Waals surface area contributed by atoms with E-state index in [1.165, 1.54) is 10.5 Å². The minimum absolute atomic E-state index is 0.0316. The Balaban J connectivity index is 1.51. The predicted molar refractivity (Wildman–Crippen MR) is 99.6 cm³/mol. The van der Waals surface area contributed by atoms with E-state index in [1.807, 2.05) is 11.4 Å². The molecule has 10 heteroatoms. The Morgan fingerprint density at radius 3 is 2.86 bits per heavy atom. The molecule has 0 saturated carbocycles. The van der Waals surface area contributed by atoms with Crippen LogP contribution in [0, 0.1) is 0 Å². The Hall–Kier alpha value is -2.75. The average molecular weight is 404 g/mol. The van der Waals surface area contributed by atoms with Crippen LogP contribution in [-0.4, -0.2) is 37.7 Å². The number of piperidine rings is 1. The summed E-state index contributed by atoms with van der Waals surface area (Å²) in [7, 11) is 0. The van der Waals surface area contributed by atoms with Crippen molar-refractivity contribution in [1.29, 1.82) is 0 Å². The third-order valence-electron chi connectivity index (χ3n) is 5.08. The molecule has 1 fully saturated rings. The second-order valence-electron chi connectivity index (χ2n) is 6.82. The van der Waals surface area contributed by atoms with Crippen LogP contribution in [0.25, 0.3) is 15.9 Å². The monoisotopic (exact) mass is 404 g/mol. The lowest BCUT2D eigenvalue weighted by Gasteiger charge is -2.33. The van der Waals surface area contributed by atoms with Gasteiger partial charge < -0.3 is 4.90 Å². The van der Waals surface area contributed by atoms with Crippen molar-refractivity contribution < 1.29 is 13.2 Å². The van der Waals surface area contributed by atoms with E-state index in [9.17, 15) is 13.2 Å². The Kier molecular flexibility index (Phi) is 3.97. The van der Waals surface area contributed by atoms with Crippen molar-refractivity contribution in [2.75, 3.05) is 18.0 Å². The summed E-state index contributed by atoms with van der Waals surface area (Å²) in [4.78, 5) is 11.8. The largest absolute Gasteiger partial charge is 0.417 e. The summed E-state index contributed by atoms with van der Waals surface area (Å²) in [6.45, 7) is 1.46. The van der Waals surface area contributed by atoms with Crippen LogP contribution in [0.2, 0.25) is 0 Å². The van der Waals surface area contributed by atoms with E-state index in [4.69, 9.17) is 0 Å². The Bertz CT molecular complexity index is 1150. The van der Waals surface area contributed by atoms with Gasteiger partial charge in [0.25, 0.3) is 0 Å². The summed E-state index contributed by atoms with van der Waals surface area (Å²) in [6, 6.07) is 4.40. The Morgan fingerprint density at radius 1 is 1.11 bits per heavy atom. The quantitative estimate of drug-likeness (QED) is 0.503. The Labute approximate surface area is 161 Å². The van der Waals surface area contributed by atoms with Gasteiger partial charge in [0.2, 0.25) is 0 Å². The third kappa shape index (κ3) is 2.88. The zero-order valence-corrected chi connectivity index (χ0v) is 15.4. The maximum atomic E-state index is 13.1. The highest BCUT2D eigenvalue weighted by Gasteiger charge is 2.32. The number of aromatic nitrogens is 5. The molecule has 0 radical (unpaired) electrons. The zero-order valence-electron chi connectivity index (χ0n) is 14.6. The lowest BCUT2D eigenvalue weighted by Crippen LogP contribution is -2.35. The molecule has 0 aliphatic carbocycles. The summed E-state index contributed by atoms with van der Waals surface area (Å²) in [5.41, 5.74) is -0.285. The van der Waals surface area contributed by atoms with Crippen LogP contribution in [0.3, 0.4) is 0 Å². The zero-order chi connectivity index (χ0) is 19.3. The number of thiophene rings is 1. The van der Waals surface area contributed by atoms with Gasteiger partial charge in [-0.05, 0) is 36.4 Å². The van der Waals surface area contributed by atoms with Crippen LogP contribution in [0.15, 0.2) is 36.1 Å². The minimum Gasteiger partial charge on any atom is -0.355 e. The van der Waals surface area contributed by atoms with Gasteiger partial charge in [-0.3, -0.25) is 4.40 Å².